The van der Waals surface area contributed by atoms with Crippen LogP contribution in [0.4, 0.5) is 0 Å². The van der Waals surface area contributed by atoms with Crippen molar-refractivity contribution in [3.8, 4) is 0 Å². The molecule has 0 rings (SSSR count). The van der Waals surface area contributed by atoms with Crippen molar-refractivity contribution < 1.29 is 24.5 Å². The first-order valence-corrected chi connectivity index (χ1v) is 43.1. The molecule has 6 nitrogen and oxygen atoms in total. The Kier molecular flexibility index (Phi) is 81.3. The molecule has 1 amide bonds. The van der Waals surface area contributed by atoms with Crippen molar-refractivity contribution in [3.63, 3.8) is 0 Å². The molecular weight excluding hydrogens is 1140 g/mol. The van der Waals surface area contributed by atoms with Gasteiger partial charge in [-0.25, -0.2) is 0 Å². The molecule has 0 aromatic rings. The van der Waals surface area contributed by atoms with E-state index in [0.717, 1.165) is 44.9 Å². The van der Waals surface area contributed by atoms with E-state index in [4.69, 9.17) is 4.74 Å². The minimum atomic E-state index is -0.663. The maximum atomic E-state index is 12.6. The van der Waals surface area contributed by atoms with E-state index < -0.39 is 12.1 Å². The van der Waals surface area contributed by atoms with Crippen LogP contribution in [-0.2, 0) is 14.3 Å². The lowest BCUT2D eigenvalue weighted by atomic mass is 10.0. The summed E-state index contributed by atoms with van der Waals surface area (Å²) in [6.07, 6.45) is 107. The molecule has 6 heteroatoms. The van der Waals surface area contributed by atoms with E-state index in [9.17, 15) is 19.8 Å². The zero-order chi connectivity index (χ0) is 67.0. The molecule has 0 spiro atoms. The second-order valence-electron chi connectivity index (χ2n) is 29.9. The molecule has 0 aromatic carbocycles. The molecule has 3 N–H and O–H groups in total. The smallest absolute Gasteiger partial charge is 0.305 e. The van der Waals surface area contributed by atoms with Crippen molar-refractivity contribution in [2.75, 3.05) is 13.2 Å². The van der Waals surface area contributed by atoms with Crippen molar-refractivity contribution >= 4 is 11.9 Å². The Balaban J connectivity index is 3.34. The summed E-state index contributed by atoms with van der Waals surface area (Å²) in [5.74, 6) is -0.00195. The van der Waals surface area contributed by atoms with Gasteiger partial charge in [0.25, 0.3) is 0 Å². The molecule has 93 heavy (non-hydrogen) atoms. The van der Waals surface area contributed by atoms with E-state index in [2.05, 4.69) is 43.5 Å². The highest BCUT2D eigenvalue weighted by atomic mass is 16.5. The zero-order valence-corrected chi connectivity index (χ0v) is 63.5. The van der Waals surface area contributed by atoms with Gasteiger partial charge in [0.1, 0.15) is 0 Å². The first-order valence-electron chi connectivity index (χ1n) is 43.1. The molecule has 0 bridgehead atoms. The predicted octanol–water partition coefficient (Wildman–Crippen LogP) is 28.8. The minimum absolute atomic E-state index is 0.0248. The van der Waals surface area contributed by atoms with Gasteiger partial charge in [-0.15, -0.1) is 0 Å². The van der Waals surface area contributed by atoms with Gasteiger partial charge < -0.3 is 20.3 Å². The molecule has 0 aliphatic rings. The number of allylic oxidation sites excluding steroid dienone is 4. The first kappa shape index (κ1) is 91.3. The SMILES string of the molecule is CCCCCCCCCCCCCCCCCCCCCCC(O)C(CO)NC(=O)CCCCCCCCCCCCCCCCCCC/C=C\C/C=C\CCCCCCCCCCCCCCCOC(=O)CCCCCCCCCCCCCCCCCCCCC. The predicted molar refractivity (Wildman–Crippen MR) is 412 cm³/mol. The fraction of sp³-hybridized carbons (Fsp3) is 0.931. The van der Waals surface area contributed by atoms with Crippen LogP contribution in [0, 0.1) is 0 Å². The number of carbonyl (C=O) groups excluding carboxylic acids is 2. The van der Waals surface area contributed by atoms with E-state index in [1.807, 2.05) is 0 Å². The average Bonchev–Trinajstić information content (AvgIpc) is 3.78. The Morgan fingerprint density at radius 3 is 0.817 bits per heavy atom. The summed E-state index contributed by atoms with van der Waals surface area (Å²) in [5.41, 5.74) is 0. The summed E-state index contributed by atoms with van der Waals surface area (Å²) in [5, 5.41) is 23.5. The molecule has 0 saturated carbocycles. The quantitative estimate of drug-likeness (QED) is 0.0320. The average molecular weight is 1310 g/mol. The highest BCUT2D eigenvalue weighted by Gasteiger charge is 2.20. The van der Waals surface area contributed by atoms with Crippen LogP contribution in [0.25, 0.3) is 0 Å². The molecular formula is C87H169NO5. The third kappa shape index (κ3) is 79.2. The number of amides is 1. The van der Waals surface area contributed by atoms with Gasteiger partial charge in [0.05, 0.1) is 25.4 Å². The topological polar surface area (TPSA) is 95.9 Å². The van der Waals surface area contributed by atoms with Gasteiger partial charge in [-0.05, 0) is 57.8 Å². The summed E-state index contributed by atoms with van der Waals surface area (Å²) in [6.45, 7) is 5.02. The minimum Gasteiger partial charge on any atom is -0.466 e. The summed E-state index contributed by atoms with van der Waals surface area (Å²) < 4.78 is 5.52. The Hall–Kier alpha value is -1.66. The van der Waals surface area contributed by atoms with Crippen molar-refractivity contribution in [2.45, 2.75) is 508 Å². The van der Waals surface area contributed by atoms with Crippen LogP contribution in [0.15, 0.2) is 24.3 Å². The fourth-order valence-corrected chi connectivity index (χ4v) is 14.0. The number of hydrogen-bond acceptors (Lipinski definition) is 5. The number of rotatable bonds is 82. The summed E-state index contributed by atoms with van der Waals surface area (Å²) in [4.78, 5) is 24.7. The summed E-state index contributed by atoms with van der Waals surface area (Å²) >= 11 is 0. The Morgan fingerprint density at radius 1 is 0.301 bits per heavy atom. The maximum Gasteiger partial charge on any atom is 0.305 e. The van der Waals surface area contributed by atoms with Crippen LogP contribution in [0.5, 0.6) is 0 Å². The molecule has 0 aliphatic heterocycles. The molecule has 0 heterocycles. The van der Waals surface area contributed by atoms with Crippen LogP contribution in [0.2, 0.25) is 0 Å². The monoisotopic (exact) mass is 1310 g/mol. The maximum absolute atomic E-state index is 12.6. The zero-order valence-electron chi connectivity index (χ0n) is 63.5. The lowest BCUT2D eigenvalue weighted by molar-refractivity contribution is -0.143. The number of nitrogens with one attached hydrogen (secondary N) is 1. The second-order valence-corrected chi connectivity index (χ2v) is 29.9. The van der Waals surface area contributed by atoms with Crippen LogP contribution < -0.4 is 5.32 Å². The molecule has 0 aliphatic carbocycles. The number of aliphatic hydroxyl groups is 2. The normalized spacial score (nSPS) is 12.5. The van der Waals surface area contributed by atoms with Gasteiger partial charge in [0, 0.05) is 12.8 Å². The van der Waals surface area contributed by atoms with Crippen LogP contribution in [0.3, 0.4) is 0 Å². The van der Waals surface area contributed by atoms with Crippen molar-refractivity contribution in [3.05, 3.63) is 24.3 Å². The molecule has 552 valence electrons. The Morgan fingerprint density at radius 2 is 0.538 bits per heavy atom. The highest BCUT2D eigenvalue weighted by Crippen LogP contribution is 2.21. The molecule has 0 saturated heterocycles. The van der Waals surface area contributed by atoms with Crippen molar-refractivity contribution in [1.82, 2.24) is 5.32 Å². The van der Waals surface area contributed by atoms with Gasteiger partial charge in [-0.1, -0.05) is 449 Å². The van der Waals surface area contributed by atoms with Crippen LogP contribution >= 0.6 is 0 Å². The number of esters is 1. The fourth-order valence-electron chi connectivity index (χ4n) is 14.0. The summed E-state index contributed by atoms with van der Waals surface area (Å²) in [7, 11) is 0. The molecule has 0 aromatic heterocycles. The lowest BCUT2D eigenvalue weighted by Crippen LogP contribution is -2.45. The number of hydrogen-bond donors (Lipinski definition) is 3. The van der Waals surface area contributed by atoms with Gasteiger partial charge in [0.15, 0.2) is 0 Å². The third-order valence-electron chi connectivity index (χ3n) is 20.5. The Bertz CT molecular complexity index is 1460. The van der Waals surface area contributed by atoms with E-state index >= 15 is 0 Å². The van der Waals surface area contributed by atoms with Crippen molar-refractivity contribution in [2.24, 2.45) is 0 Å². The molecule has 2 unspecified atom stereocenters. The standard InChI is InChI=1S/C87H169NO5/c1-3-5-7-9-11-13-15-17-19-21-23-44-47-51-55-59-63-67-71-75-79-85(90)84(83-89)88-86(91)80-76-72-68-64-60-56-52-48-45-41-39-37-35-33-31-29-27-25-24-26-28-30-32-34-36-38-40-42-46-50-54-58-62-66-70-74-78-82-93-87(92)81-77-73-69-65-61-57-53-49-43-22-20-18-16-14-12-10-8-6-4-2/h24,26,30,32,84-85,89-90H,3-23,25,27-29,31,33-83H2,1-2H3,(H,88,91)/b26-24-,32-30-. The Labute approximate surface area is 583 Å². The van der Waals surface area contributed by atoms with Crippen LogP contribution in [0.1, 0.15) is 495 Å². The van der Waals surface area contributed by atoms with E-state index in [1.54, 1.807) is 0 Å². The first-order chi connectivity index (χ1) is 46.0. The second kappa shape index (κ2) is 82.8. The van der Waals surface area contributed by atoms with E-state index in [0.29, 0.717) is 25.9 Å². The summed E-state index contributed by atoms with van der Waals surface area (Å²) in [6, 6.07) is -0.540. The van der Waals surface area contributed by atoms with Gasteiger partial charge in [0.2, 0.25) is 5.91 Å². The lowest BCUT2D eigenvalue weighted by Gasteiger charge is -2.22. The largest absolute Gasteiger partial charge is 0.466 e. The molecule has 0 radical (unpaired) electrons. The van der Waals surface area contributed by atoms with E-state index in [-0.39, 0.29) is 18.5 Å². The van der Waals surface area contributed by atoms with Gasteiger partial charge in [-0.3, -0.25) is 9.59 Å². The number of unbranched alkanes of at least 4 members (excludes halogenated alkanes) is 67. The molecule has 0 fully saturated rings. The van der Waals surface area contributed by atoms with Gasteiger partial charge >= 0.3 is 5.97 Å². The number of carbonyl (C=O) groups is 2. The third-order valence-corrected chi connectivity index (χ3v) is 20.5. The number of aliphatic hydroxyl groups excluding tert-OH is 2. The van der Waals surface area contributed by atoms with E-state index in [1.165, 1.54) is 417 Å². The van der Waals surface area contributed by atoms with Crippen molar-refractivity contribution in [1.29, 1.82) is 0 Å². The highest BCUT2D eigenvalue weighted by molar-refractivity contribution is 5.76. The van der Waals surface area contributed by atoms with Crippen LogP contribution in [-0.4, -0.2) is 47.4 Å². The van der Waals surface area contributed by atoms with Gasteiger partial charge in [-0.2, -0.15) is 0 Å². The molecule has 2 atom stereocenters. The number of ether oxygens (including phenoxy) is 1.